The van der Waals surface area contributed by atoms with Crippen LogP contribution in [0.15, 0.2) is 15.6 Å². The van der Waals surface area contributed by atoms with E-state index in [0.29, 0.717) is 6.54 Å². The van der Waals surface area contributed by atoms with Crippen LogP contribution in [0.3, 0.4) is 0 Å². The summed E-state index contributed by atoms with van der Waals surface area (Å²) in [7, 11) is 3.20. The quantitative estimate of drug-likeness (QED) is 0.511. The number of hydrogen-bond donors (Lipinski definition) is 1. The van der Waals surface area contributed by atoms with Crippen molar-refractivity contribution in [1.29, 1.82) is 0 Å². The minimum Gasteiger partial charge on any atom is -0.469 e. The summed E-state index contributed by atoms with van der Waals surface area (Å²) in [6.45, 7) is 4.17. The van der Waals surface area contributed by atoms with Crippen LogP contribution < -0.4 is 5.32 Å². The second kappa shape index (κ2) is 7.82. The Morgan fingerprint density at radius 1 is 1.55 bits per heavy atom. The van der Waals surface area contributed by atoms with Gasteiger partial charge in [0.05, 0.1) is 25.3 Å². The molecule has 0 amide bonds. The lowest BCUT2D eigenvalue weighted by atomic mass is 9.97. The summed E-state index contributed by atoms with van der Waals surface area (Å²) in [4.78, 5) is 18.0. The van der Waals surface area contributed by atoms with Crippen LogP contribution >= 0.6 is 0 Å². The highest BCUT2D eigenvalue weighted by Crippen LogP contribution is 2.18. The summed E-state index contributed by atoms with van der Waals surface area (Å²) in [5.74, 6) is 1.50. The number of carbonyl (C=O) groups excluding carboxylic acids is 1. The normalized spacial score (nSPS) is 16.7. The zero-order valence-electron chi connectivity index (χ0n) is 13.5. The number of carbonyl (C=O) groups is 1. The van der Waals surface area contributed by atoms with Gasteiger partial charge in [-0.2, -0.15) is 0 Å². The van der Waals surface area contributed by atoms with Crippen LogP contribution in [0.5, 0.6) is 0 Å². The van der Waals surface area contributed by atoms with Crippen LogP contribution in [0.1, 0.15) is 31.2 Å². The number of guanidine groups is 1. The van der Waals surface area contributed by atoms with Crippen molar-refractivity contribution < 1.29 is 14.1 Å². The predicted octanol–water partition coefficient (Wildman–Crippen LogP) is 1.20. The van der Waals surface area contributed by atoms with E-state index in [1.54, 1.807) is 7.05 Å². The second-order valence-electron chi connectivity index (χ2n) is 5.32. The molecule has 0 atom stereocenters. The number of esters is 1. The molecule has 1 aliphatic heterocycles. The number of nitrogens with zero attached hydrogens (tertiary/aromatic N) is 3. The standard InChI is InChI=1S/C15H24N4O3/c1-4-12-9-13(22-18-12)10-17-15(16-2)19-7-5-11(6-8-19)14(20)21-3/h9,11H,4-8,10H2,1-3H3,(H,16,17). The third kappa shape index (κ3) is 3.99. The van der Waals surface area contributed by atoms with Gasteiger partial charge in [-0.1, -0.05) is 12.1 Å². The number of likely N-dealkylation sites (tertiary alicyclic amines) is 1. The van der Waals surface area contributed by atoms with Crippen LogP contribution in [0, 0.1) is 5.92 Å². The highest BCUT2D eigenvalue weighted by atomic mass is 16.5. The monoisotopic (exact) mass is 308 g/mol. The molecular weight excluding hydrogens is 284 g/mol. The average Bonchev–Trinajstić information content (AvgIpc) is 3.03. The van der Waals surface area contributed by atoms with E-state index in [0.717, 1.165) is 49.8 Å². The molecule has 1 aromatic heterocycles. The smallest absolute Gasteiger partial charge is 0.308 e. The second-order valence-corrected chi connectivity index (χ2v) is 5.32. The van der Waals surface area contributed by atoms with E-state index >= 15 is 0 Å². The number of aromatic nitrogens is 1. The molecule has 2 rings (SSSR count). The van der Waals surface area contributed by atoms with Crippen LogP contribution in [0.2, 0.25) is 0 Å². The third-order valence-corrected chi connectivity index (χ3v) is 3.93. The lowest BCUT2D eigenvalue weighted by Gasteiger charge is -2.33. The van der Waals surface area contributed by atoms with Crippen LogP contribution in [-0.2, 0) is 22.5 Å². The third-order valence-electron chi connectivity index (χ3n) is 3.93. The van der Waals surface area contributed by atoms with Crippen LogP contribution in [-0.4, -0.2) is 49.2 Å². The maximum Gasteiger partial charge on any atom is 0.308 e. The van der Waals surface area contributed by atoms with E-state index in [4.69, 9.17) is 9.26 Å². The molecule has 22 heavy (non-hydrogen) atoms. The first-order valence-corrected chi connectivity index (χ1v) is 7.65. The molecule has 2 heterocycles. The maximum absolute atomic E-state index is 11.5. The van der Waals surface area contributed by atoms with Gasteiger partial charge in [0.25, 0.3) is 0 Å². The van der Waals surface area contributed by atoms with Crippen LogP contribution in [0.25, 0.3) is 0 Å². The summed E-state index contributed by atoms with van der Waals surface area (Å²) in [5, 5.41) is 7.25. The summed E-state index contributed by atoms with van der Waals surface area (Å²) < 4.78 is 10.1. The van der Waals surface area contributed by atoms with Crippen molar-refractivity contribution in [3.05, 3.63) is 17.5 Å². The molecule has 1 aromatic rings. The Kier molecular flexibility index (Phi) is 5.80. The zero-order chi connectivity index (χ0) is 15.9. The first-order chi connectivity index (χ1) is 10.7. The van der Waals surface area contributed by atoms with Gasteiger partial charge in [-0.3, -0.25) is 9.79 Å². The highest BCUT2D eigenvalue weighted by molar-refractivity contribution is 5.80. The first-order valence-electron chi connectivity index (χ1n) is 7.65. The summed E-state index contributed by atoms with van der Waals surface area (Å²) in [5.41, 5.74) is 0.950. The largest absolute Gasteiger partial charge is 0.469 e. The van der Waals surface area contributed by atoms with Gasteiger partial charge in [0.15, 0.2) is 11.7 Å². The van der Waals surface area contributed by atoms with Crippen molar-refractivity contribution in [3.8, 4) is 0 Å². The van der Waals surface area contributed by atoms with Crippen molar-refractivity contribution in [2.24, 2.45) is 10.9 Å². The number of ether oxygens (including phenoxy) is 1. The molecule has 1 aliphatic rings. The van der Waals surface area contributed by atoms with Gasteiger partial charge in [-0.15, -0.1) is 0 Å². The SMILES string of the molecule is CCc1cc(CNC(=NC)N2CCC(C(=O)OC)CC2)on1. The molecule has 0 unspecified atom stereocenters. The van der Waals surface area contributed by atoms with E-state index in [-0.39, 0.29) is 11.9 Å². The number of aliphatic imine (C=N–C) groups is 1. The molecule has 0 spiro atoms. The molecule has 7 heteroatoms. The zero-order valence-corrected chi connectivity index (χ0v) is 13.5. The van der Waals surface area contributed by atoms with Crippen molar-refractivity contribution in [2.45, 2.75) is 32.7 Å². The molecule has 122 valence electrons. The van der Waals surface area contributed by atoms with Crippen molar-refractivity contribution in [3.63, 3.8) is 0 Å². The van der Waals surface area contributed by atoms with Gasteiger partial charge < -0.3 is 19.5 Å². The highest BCUT2D eigenvalue weighted by Gasteiger charge is 2.26. The lowest BCUT2D eigenvalue weighted by molar-refractivity contribution is -0.146. The van der Waals surface area contributed by atoms with Gasteiger partial charge in [-0.25, -0.2) is 0 Å². The Morgan fingerprint density at radius 3 is 2.82 bits per heavy atom. The minimum atomic E-state index is -0.114. The Labute approximate surface area is 130 Å². The molecule has 1 fully saturated rings. The number of hydrogen-bond acceptors (Lipinski definition) is 5. The number of methoxy groups -OCH3 is 1. The molecule has 0 bridgehead atoms. The molecule has 0 radical (unpaired) electrons. The van der Waals surface area contributed by atoms with Gasteiger partial charge >= 0.3 is 5.97 Å². The molecule has 1 N–H and O–H groups in total. The fraction of sp³-hybridized carbons (Fsp3) is 0.667. The van der Waals surface area contributed by atoms with E-state index in [1.807, 2.05) is 13.0 Å². The number of piperidine rings is 1. The molecule has 0 saturated carbocycles. The topological polar surface area (TPSA) is 80.0 Å². The lowest BCUT2D eigenvalue weighted by Crippen LogP contribution is -2.46. The Morgan fingerprint density at radius 2 is 2.27 bits per heavy atom. The van der Waals surface area contributed by atoms with Gasteiger partial charge in [0.2, 0.25) is 0 Å². The Bertz CT molecular complexity index is 519. The molecule has 7 nitrogen and oxygen atoms in total. The van der Waals surface area contributed by atoms with Crippen LogP contribution in [0.4, 0.5) is 0 Å². The van der Waals surface area contributed by atoms with Gasteiger partial charge in [-0.05, 0) is 19.3 Å². The molecular formula is C15H24N4O3. The fourth-order valence-corrected chi connectivity index (χ4v) is 2.60. The maximum atomic E-state index is 11.5. The fourth-order valence-electron chi connectivity index (χ4n) is 2.60. The Hall–Kier alpha value is -2.05. The summed E-state index contributed by atoms with van der Waals surface area (Å²) in [6, 6.07) is 1.95. The van der Waals surface area contributed by atoms with E-state index in [1.165, 1.54) is 7.11 Å². The minimum absolute atomic E-state index is 0.000687. The van der Waals surface area contributed by atoms with Crippen molar-refractivity contribution >= 4 is 11.9 Å². The van der Waals surface area contributed by atoms with Gasteiger partial charge in [0.1, 0.15) is 0 Å². The van der Waals surface area contributed by atoms with E-state index in [2.05, 4.69) is 20.4 Å². The Balaban J connectivity index is 1.84. The molecule has 0 aromatic carbocycles. The number of aryl methyl sites for hydroxylation is 1. The summed E-state index contributed by atoms with van der Waals surface area (Å²) in [6.07, 6.45) is 2.44. The first kappa shape index (κ1) is 16.3. The molecule has 1 saturated heterocycles. The number of nitrogens with one attached hydrogen (secondary N) is 1. The molecule has 0 aliphatic carbocycles. The van der Waals surface area contributed by atoms with E-state index < -0.39 is 0 Å². The summed E-state index contributed by atoms with van der Waals surface area (Å²) >= 11 is 0. The number of rotatable bonds is 4. The van der Waals surface area contributed by atoms with Crippen molar-refractivity contribution in [2.75, 3.05) is 27.2 Å². The van der Waals surface area contributed by atoms with Crippen molar-refractivity contribution in [1.82, 2.24) is 15.4 Å². The predicted molar refractivity (Wildman–Crippen MR) is 82.4 cm³/mol. The van der Waals surface area contributed by atoms with E-state index in [9.17, 15) is 4.79 Å². The van der Waals surface area contributed by atoms with Gasteiger partial charge in [0, 0.05) is 26.2 Å². The average molecular weight is 308 g/mol.